The molecule has 4 nitrogen and oxygen atoms in total. The molecule has 3 heterocycles. The van der Waals surface area contributed by atoms with Crippen molar-refractivity contribution in [3.63, 3.8) is 0 Å². The lowest BCUT2D eigenvalue weighted by Gasteiger charge is -2.06. The minimum Gasteiger partial charge on any atom is -0.307 e. The van der Waals surface area contributed by atoms with E-state index >= 15 is 0 Å². The summed E-state index contributed by atoms with van der Waals surface area (Å²) in [4.78, 5) is 5.98. The first kappa shape index (κ1) is 15.1. The number of fused-ring (bicyclic) bond motifs is 1. The van der Waals surface area contributed by atoms with Crippen LogP contribution in [0.25, 0.3) is 11.2 Å². The van der Waals surface area contributed by atoms with E-state index in [4.69, 9.17) is 16.6 Å². The number of hydrogen-bond acceptors (Lipinski definition) is 3. The molecule has 0 spiro atoms. The summed E-state index contributed by atoms with van der Waals surface area (Å²) in [5, 5.41) is 6.70. The highest BCUT2D eigenvalue weighted by molar-refractivity contribution is 9.10. The molecule has 0 saturated carbocycles. The van der Waals surface area contributed by atoms with Gasteiger partial charge in [0.1, 0.15) is 11.3 Å². The van der Waals surface area contributed by atoms with E-state index in [0.717, 1.165) is 46.5 Å². The zero-order valence-electron chi connectivity index (χ0n) is 11.9. The molecule has 21 heavy (non-hydrogen) atoms. The largest absolute Gasteiger partial charge is 0.307 e. The van der Waals surface area contributed by atoms with Gasteiger partial charge in [-0.25, -0.2) is 4.98 Å². The second-order valence-corrected chi connectivity index (χ2v) is 7.15. The summed E-state index contributed by atoms with van der Waals surface area (Å²) in [6, 6.07) is 2.14. The Morgan fingerprint density at radius 1 is 1.43 bits per heavy atom. The van der Waals surface area contributed by atoms with E-state index in [-0.39, 0.29) is 0 Å². The van der Waals surface area contributed by atoms with Crippen LogP contribution in [0, 0.1) is 0 Å². The first-order valence-corrected chi connectivity index (χ1v) is 9.04. The smallest absolute Gasteiger partial charge is 0.159 e. The molecular formula is C14H16BrClN4S. The van der Waals surface area contributed by atoms with Gasteiger partial charge in [0.2, 0.25) is 0 Å². The van der Waals surface area contributed by atoms with E-state index in [1.807, 2.05) is 11.7 Å². The molecule has 7 heteroatoms. The van der Waals surface area contributed by atoms with Crippen molar-refractivity contribution in [3.8, 4) is 0 Å². The van der Waals surface area contributed by atoms with E-state index in [0.29, 0.717) is 5.88 Å². The van der Waals surface area contributed by atoms with E-state index < -0.39 is 0 Å². The summed E-state index contributed by atoms with van der Waals surface area (Å²) in [7, 11) is 1.97. The maximum atomic E-state index is 6.09. The van der Waals surface area contributed by atoms with E-state index in [9.17, 15) is 0 Å². The van der Waals surface area contributed by atoms with Gasteiger partial charge in [-0.1, -0.05) is 13.3 Å². The molecule has 3 aromatic rings. The third-order valence-electron chi connectivity index (χ3n) is 3.41. The highest BCUT2D eigenvalue weighted by Crippen LogP contribution is 2.26. The van der Waals surface area contributed by atoms with Crippen molar-refractivity contribution in [1.29, 1.82) is 0 Å². The fourth-order valence-electron chi connectivity index (χ4n) is 2.55. The molecule has 0 saturated heterocycles. The minimum absolute atomic E-state index is 0.410. The second-order valence-electron chi connectivity index (χ2n) is 4.97. The van der Waals surface area contributed by atoms with Crippen molar-refractivity contribution < 1.29 is 0 Å². The number of nitrogens with zero attached hydrogens (tertiary/aromatic N) is 4. The van der Waals surface area contributed by atoms with Crippen molar-refractivity contribution in [2.75, 3.05) is 0 Å². The summed E-state index contributed by atoms with van der Waals surface area (Å²) >= 11 is 11.3. The minimum atomic E-state index is 0.410. The average Bonchev–Trinajstić information content (AvgIpc) is 3.09. The van der Waals surface area contributed by atoms with Crippen LogP contribution < -0.4 is 0 Å². The summed E-state index contributed by atoms with van der Waals surface area (Å²) < 4.78 is 5.21. The molecule has 0 aliphatic heterocycles. The van der Waals surface area contributed by atoms with Gasteiger partial charge in [0.15, 0.2) is 5.65 Å². The molecule has 0 fully saturated rings. The Balaban J connectivity index is 2.11. The van der Waals surface area contributed by atoms with Crippen LogP contribution in [0.3, 0.4) is 0 Å². The standard InChI is InChI=1S/C14H16BrClN4S/c1-3-4-11-13-14(19(2)18-11)20(12(6-16)17-13)7-10-5-9(15)8-21-10/h5,8H,3-4,6-7H2,1-2H3. The average molecular weight is 388 g/mol. The number of thiophene rings is 1. The first-order chi connectivity index (χ1) is 10.1. The first-order valence-electron chi connectivity index (χ1n) is 6.83. The second kappa shape index (κ2) is 6.10. The molecule has 0 bridgehead atoms. The van der Waals surface area contributed by atoms with Crippen LogP contribution in [0.1, 0.15) is 29.7 Å². The number of imidazole rings is 1. The zero-order chi connectivity index (χ0) is 15.0. The third-order valence-corrected chi connectivity index (χ3v) is 5.33. The quantitative estimate of drug-likeness (QED) is 0.611. The van der Waals surface area contributed by atoms with Crippen LogP contribution >= 0.6 is 38.9 Å². The van der Waals surface area contributed by atoms with Crippen molar-refractivity contribution in [3.05, 3.63) is 32.3 Å². The van der Waals surface area contributed by atoms with Crippen LogP contribution in [0.2, 0.25) is 0 Å². The maximum Gasteiger partial charge on any atom is 0.159 e. The van der Waals surface area contributed by atoms with Crippen molar-refractivity contribution in [2.24, 2.45) is 7.05 Å². The highest BCUT2D eigenvalue weighted by Gasteiger charge is 2.18. The summed E-state index contributed by atoms with van der Waals surface area (Å²) in [6.07, 6.45) is 2.01. The summed E-state index contributed by atoms with van der Waals surface area (Å²) in [5.74, 6) is 1.31. The lowest BCUT2D eigenvalue weighted by atomic mass is 10.2. The monoisotopic (exact) mass is 386 g/mol. The Morgan fingerprint density at radius 2 is 2.24 bits per heavy atom. The number of hydrogen-bond donors (Lipinski definition) is 0. The van der Waals surface area contributed by atoms with Crippen molar-refractivity contribution in [2.45, 2.75) is 32.2 Å². The van der Waals surface area contributed by atoms with Gasteiger partial charge in [-0.2, -0.15) is 5.10 Å². The molecular weight excluding hydrogens is 372 g/mol. The summed E-state index contributed by atoms with van der Waals surface area (Å²) in [5.41, 5.74) is 3.11. The van der Waals surface area contributed by atoms with Gasteiger partial charge in [-0.15, -0.1) is 22.9 Å². The maximum absolute atomic E-state index is 6.09. The van der Waals surface area contributed by atoms with Gasteiger partial charge in [0.25, 0.3) is 0 Å². The van der Waals surface area contributed by atoms with Crippen LogP contribution in [-0.4, -0.2) is 19.3 Å². The lowest BCUT2D eigenvalue weighted by molar-refractivity contribution is 0.696. The molecule has 0 atom stereocenters. The number of rotatable bonds is 5. The predicted octanol–water partition coefficient (Wildman–Crippen LogP) is 4.33. The number of aryl methyl sites for hydroxylation is 2. The molecule has 3 aromatic heterocycles. The number of aromatic nitrogens is 4. The van der Waals surface area contributed by atoms with Crippen LogP contribution in [-0.2, 0) is 25.9 Å². The highest BCUT2D eigenvalue weighted by atomic mass is 79.9. The predicted molar refractivity (Wildman–Crippen MR) is 91.2 cm³/mol. The Hall–Kier alpha value is -0.850. The van der Waals surface area contributed by atoms with Crippen molar-refractivity contribution >= 4 is 50.0 Å². The van der Waals surface area contributed by atoms with Gasteiger partial charge >= 0.3 is 0 Å². The lowest BCUT2D eigenvalue weighted by Crippen LogP contribution is -2.06. The topological polar surface area (TPSA) is 35.6 Å². The molecule has 112 valence electrons. The SMILES string of the molecule is CCCc1nn(C)c2c1nc(CCl)n2Cc1cc(Br)cs1. The fraction of sp³-hybridized carbons (Fsp3) is 0.429. The summed E-state index contributed by atoms with van der Waals surface area (Å²) in [6.45, 7) is 2.93. The van der Waals surface area contributed by atoms with Gasteiger partial charge < -0.3 is 4.57 Å². The molecule has 3 rings (SSSR count). The molecule has 0 aromatic carbocycles. The molecule has 0 aliphatic rings. The molecule has 0 amide bonds. The van der Waals surface area contributed by atoms with Gasteiger partial charge in [0, 0.05) is 21.8 Å². The van der Waals surface area contributed by atoms with Gasteiger partial charge in [0.05, 0.1) is 18.1 Å². The van der Waals surface area contributed by atoms with Crippen LogP contribution in [0.4, 0.5) is 0 Å². The van der Waals surface area contributed by atoms with Crippen LogP contribution in [0.5, 0.6) is 0 Å². The fourth-order valence-corrected chi connectivity index (χ4v) is 4.20. The van der Waals surface area contributed by atoms with E-state index in [1.54, 1.807) is 11.3 Å². The van der Waals surface area contributed by atoms with E-state index in [1.165, 1.54) is 4.88 Å². The van der Waals surface area contributed by atoms with Crippen molar-refractivity contribution in [1.82, 2.24) is 19.3 Å². The Morgan fingerprint density at radius 3 is 2.86 bits per heavy atom. The Bertz CT molecular complexity index is 773. The molecule has 0 radical (unpaired) electrons. The molecule has 0 N–H and O–H groups in total. The molecule has 0 unspecified atom stereocenters. The Labute approximate surface area is 140 Å². The number of halogens is 2. The van der Waals surface area contributed by atoms with Crippen LogP contribution in [0.15, 0.2) is 15.9 Å². The zero-order valence-corrected chi connectivity index (χ0v) is 15.1. The van der Waals surface area contributed by atoms with Gasteiger partial charge in [-0.3, -0.25) is 4.68 Å². The Kier molecular flexibility index (Phi) is 4.38. The normalized spacial score (nSPS) is 11.6. The number of alkyl halides is 1. The van der Waals surface area contributed by atoms with Gasteiger partial charge in [-0.05, 0) is 28.4 Å². The third kappa shape index (κ3) is 2.76. The van der Waals surface area contributed by atoms with E-state index in [2.05, 4.69) is 44.0 Å². The molecule has 0 aliphatic carbocycles.